The number of para-hydroxylation sites is 1. The molecule has 0 aliphatic rings. The summed E-state index contributed by atoms with van der Waals surface area (Å²) in [6.45, 7) is 3.99. The van der Waals surface area contributed by atoms with Gasteiger partial charge in [-0.15, -0.1) is 0 Å². The maximum absolute atomic E-state index is 11.8. The minimum Gasteiger partial charge on any atom is -0.479 e. The van der Waals surface area contributed by atoms with Crippen LogP contribution in [0.3, 0.4) is 0 Å². The number of ether oxygens (including phenoxy) is 1. The summed E-state index contributed by atoms with van der Waals surface area (Å²) in [6, 6.07) is 7.02. The molecule has 1 rings (SSSR count). The first-order valence-electron chi connectivity index (χ1n) is 6.41. The molecule has 2 atom stereocenters. The molecule has 0 heterocycles. The zero-order valence-corrected chi connectivity index (χ0v) is 12.0. The number of halogens is 1. The van der Waals surface area contributed by atoms with Gasteiger partial charge >= 0.3 is 0 Å². The van der Waals surface area contributed by atoms with Crippen molar-refractivity contribution in [3.05, 3.63) is 29.3 Å². The van der Waals surface area contributed by atoms with Gasteiger partial charge in [0, 0.05) is 6.54 Å². The van der Waals surface area contributed by atoms with Gasteiger partial charge in [0.1, 0.15) is 5.75 Å². The number of aliphatic hydroxyl groups excluding tert-OH is 1. The fraction of sp³-hybridized carbons (Fsp3) is 0.500. The van der Waals surface area contributed by atoms with Crippen LogP contribution >= 0.6 is 11.6 Å². The fourth-order valence-electron chi connectivity index (χ4n) is 1.49. The highest BCUT2D eigenvalue weighted by molar-refractivity contribution is 6.32. The summed E-state index contributed by atoms with van der Waals surface area (Å²) in [5, 5.41) is 12.6. The number of hydrogen-bond donors (Lipinski definition) is 2. The first-order chi connectivity index (χ1) is 9.04. The normalized spacial score (nSPS) is 13.7. The Morgan fingerprint density at radius 1 is 1.47 bits per heavy atom. The average molecular weight is 286 g/mol. The Labute approximate surface area is 118 Å². The molecule has 0 spiro atoms. The predicted octanol–water partition coefficient (Wildman–Crippen LogP) is 2.38. The van der Waals surface area contributed by atoms with Crippen LogP contribution in [-0.4, -0.2) is 29.8 Å². The summed E-state index contributed by atoms with van der Waals surface area (Å²) in [6.07, 6.45) is 0.224. The van der Waals surface area contributed by atoms with Gasteiger partial charge in [-0.3, -0.25) is 4.79 Å². The van der Waals surface area contributed by atoms with Crippen LogP contribution in [0.25, 0.3) is 0 Å². The summed E-state index contributed by atoms with van der Waals surface area (Å²) in [4.78, 5) is 11.8. The number of nitrogens with one attached hydrogen (secondary N) is 1. The molecule has 5 heteroatoms. The van der Waals surface area contributed by atoms with E-state index in [0.29, 0.717) is 30.2 Å². The Kier molecular flexibility index (Phi) is 6.67. The Hall–Kier alpha value is -1.26. The molecule has 0 saturated carbocycles. The Morgan fingerprint density at radius 2 is 2.16 bits per heavy atom. The first kappa shape index (κ1) is 15.8. The quantitative estimate of drug-likeness (QED) is 0.809. The number of hydrogen-bond acceptors (Lipinski definition) is 3. The van der Waals surface area contributed by atoms with E-state index in [1.54, 1.807) is 31.2 Å². The van der Waals surface area contributed by atoms with Gasteiger partial charge in [0.2, 0.25) is 0 Å². The van der Waals surface area contributed by atoms with Crippen LogP contribution in [0.4, 0.5) is 0 Å². The van der Waals surface area contributed by atoms with Crippen LogP contribution in [0.5, 0.6) is 5.75 Å². The van der Waals surface area contributed by atoms with E-state index in [0.717, 1.165) is 0 Å². The molecule has 4 nitrogen and oxygen atoms in total. The van der Waals surface area contributed by atoms with Crippen LogP contribution in [0, 0.1) is 0 Å². The van der Waals surface area contributed by atoms with E-state index in [4.69, 9.17) is 16.3 Å². The van der Waals surface area contributed by atoms with Crippen LogP contribution < -0.4 is 10.1 Å². The van der Waals surface area contributed by atoms with Gasteiger partial charge in [0.05, 0.1) is 11.1 Å². The third-order valence-electron chi connectivity index (χ3n) is 2.76. The van der Waals surface area contributed by atoms with Crippen molar-refractivity contribution in [2.24, 2.45) is 0 Å². The van der Waals surface area contributed by atoms with Crippen molar-refractivity contribution in [2.45, 2.75) is 38.9 Å². The summed E-state index contributed by atoms with van der Waals surface area (Å²) >= 11 is 5.95. The lowest BCUT2D eigenvalue weighted by atomic mass is 10.2. The van der Waals surface area contributed by atoms with Crippen LogP contribution in [-0.2, 0) is 4.79 Å². The molecule has 0 saturated heterocycles. The lowest BCUT2D eigenvalue weighted by Gasteiger charge is -2.16. The standard InChI is InChI=1S/C14H20ClNO3/c1-3-11(17)8-9-16-14(18)10(2)19-13-7-5-4-6-12(13)15/h4-7,10-11,17H,3,8-9H2,1-2H3,(H,16,18). The second kappa shape index (κ2) is 8.02. The molecule has 1 amide bonds. The van der Waals surface area contributed by atoms with Crippen molar-refractivity contribution in [1.29, 1.82) is 0 Å². The van der Waals surface area contributed by atoms with Gasteiger partial charge in [0.15, 0.2) is 6.10 Å². The smallest absolute Gasteiger partial charge is 0.260 e. The maximum Gasteiger partial charge on any atom is 0.260 e. The first-order valence-corrected chi connectivity index (χ1v) is 6.79. The summed E-state index contributed by atoms with van der Waals surface area (Å²) < 4.78 is 5.48. The van der Waals surface area contributed by atoms with Crippen molar-refractivity contribution in [1.82, 2.24) is 5.32 Å². The number of benzene rings is 1. The van der Waals surface area contributed by atoms with Crippen LogP contribution in [0.15, 0.2) is 24.3 Å². The molecule has 2 unspecified atom stereocenters. The molecule has 0 radical (unpaired) electrons. The van der Waals surface area contributed by atoms with Gasteiger partial charge < -0.3 is 15.2 Å². The van der Waals surface area contributed by atoms with Crippen LogP contribution in [0.2, 0.25) is 5.02 Å². The lowest BCUT2D eigenvalue weighted by Crippen LogP contribution is -2.37. The third-order valence-corrected chi connectivity index (χ3v) is 3.07. The summed E-state index contributed by atoms with van der Waals surface area (Å²) in [5.74, 6) is 0.267. The van der Waals surface area contributed by atoms with Gasteiger partial charge in [-0.1, -0.05) is 30.7 Å². The predicted molar refractivity (Wildman–Crippen MR) is 75.5 cm³/mol. The highest BCUT2D eigenvalue weighted by Gasteiger charge is 2.15. The molecule has 0 aromatic heterocycles. The molecule has 2 N–H and O–H groups in total. The number of rotatable bonds is 7. The molecule has 19 heavy (non-hydrogen) atoms. The van der Waals surface area contributed by atoms with E-state index in [2.05, 4.69) is 5.32 Å². The van der Waals surface area contributed by atoms with Gasteiger partial charge in [-0.05, 0) is 31.9 Å². The van der Waals surface area contributed by atoms with E-state index in [-0.39, 0.29) is 12.0 Å². The minimum absolute atomic E-state index is 0.219. The molecule has 0 aliphatic carbocycles. The summed E-state index contributed by atoms with van der Waals surface area (Å²) in [7, 11) is 0. The number of amides is 1. The van der Waals surface area contributed by atoms with Crippen molar-refractivity contribution in [2.75, 3.05) is 6.54 Å². The van der Waals surface area contributed by atoms with Gasteiger partial charge in [0.25, 0.3) is 5.91 Å². The molecule has 1 aromatic carbocycles. The number of carbonyl (C=O) groups is 1. The fourth-order valence-corrected chi connectivity index (χ4v) is 1.67. The number of aliphatic hydroxyl groups is 1. The Bertz CT molecular complexity index is 411. The number of carbonyl (C=O) groups excluding carboxylic acids is 1. The minimum atomic E-state index is -0.626. The largest absolute Gasteiger partial charge is 0.479 e. The van der Waals surface area contributed by atoms with E-state index in [9.17, 15) is 9.90 Å². The van der Waals surface area contributed by atoms with Gasteiger partial charge in [-0.2, -0.15) is 0 Å². The third kappa shape index (κ3) is 5.49. The molecular weight excluding hydrogens is 266 g/mol. The van der Waals surface area contributed by atoms with Crippen molar-refractivity contribution in [3.63, 3.8) is 0 Å². The molecule has 1 aromatic rings. The zero-order chi connectivity index (χ0) is 14.3. The maximum atomic E-state index is 11.8. The van der Waals surface area contributed by atoms with Crippen molar-refractivity contribution >= 4 is 17.5 Å². The van der Waals surface area contributed by atoms with Gasteiger partial charge in [-0.25, -0.2) is 0 Å². The Morgan fingerprint density at radius 3 is 2.79 bits per heavy atom. The topological polar surface area (TPSA) is 58.6 Å². The molecular formula is C14H20ClNO3. The molecule has 0 bridgehead atoms. The highest BCUT2D eigenvalue weighted by Crippen LogP contribution is 2.24. The van der Waals surface area contributed by atoms with Crippen LogP contribution in [0.1, 0.15) is 26.7 Å². The second-order valence-electron chi connectivity index (χ2n) is 4.33. The SMILES string of the molecule is CCC(O)CCNC(=O)C(C)Oc1ccccc1Cl. The monoisotopic (exact) mass is 285 g/mol. The average Bonchev–Trinajstić information content (AvgIpc) is 2.40. The Balaban J connectivity index is 2.39. The summed E-state index contributed by atoms with van der Waals surface area (Å²) in [5.41, 5.74) is 0. The second-order valence-corrected chi connectivity index (χ2v) is 4.74. The highest BCUT2D eigenvalue weighted by atomic mass is 35.5. The van der Waals surface area contributed by atoms with Crippen molar-refractivity contribution < 1.29 is 14.6 Å². The zero-order valence-electron chi connectivity index (χ0n) is 11.2. The van der Waals surface area contributed by atoms with E-state index in [1.165, 1.54) is 0 Å². The van der Waals surface area contributed by atoms with E-state index < -0.39 is 6.10 Å². The van der Waals surface area contributed by atoms with Crippen molar-refractivity contribution in [3.8, 4) is 5.75 Å². The molecule has 106 valence electrons. The molecule has 0 fully saturated rings. The van der Waals surface area contributed by atoms with E-state index in [1.807, 2.05) is 6.92 Å². The van der Waals surface area contributed by atoms with E-state index >= 15 is 0 Å². The molecule has 0 aliphatic heterocycles. The lowest BCUT2D eigenvalue weighted by molar-refractivity contribution is -0.127.